The molecule has 0 unspecified atom stereocenters. The normalized spacial score (nSPS) is 17.0. The number of benzene rings is 1. The van der Waals surface area contributed by atoms with Crippen LogP contribution in [-0.2, 0) is 0 Å². The van der Waals surface area contributed by atoms with Gasteiger partial charge in [0.25, 0.3) is 0 Å². The molecule has 0 aliphatic carbocycles. The summed E-state index contributed by atoms with van der Waals surface area (Å²) in [6.07, 6.45) is 0. The van der Waals surface area contributed by atoms with Crippen molar-refractivity contribution in [2.75, 3.05) is 46.4 Å². The van der Waals surface area contributed by atoms with Crippen molar-refractivity contribution in [3.05, 3.63) is 28.8 Å². The minimum atomic E-state index is 0.220. The van der Waals surface area contributed by atoms with E-state index in [4.69, 9.17) is 4.74 Å². The molecule has 1 aromatic rings. The number of rotatable bonds is 5. The Kier molecular flexibility index (Phi) is 5.37. The zero-order valence-corrected chi connectivity index (χ0v) is 13.6. The van der Waals surface area contributed by atoms with E-state index in [1.54, 1.807) is 0 Å². The second-order valence-electron chi connectivity index (χ2n) is 5.87. The van der Waals surface area contributed by atoms with Crippen LogP contribution in [0.4, 0.5) is 0 Å². The van der Waals surface area contributed by atoms with Crippen molar-refractivity contribution in [2.45, 2.75) is 20.8 Å². The first-order chi connectivity index (χ1) is 10.0. The zero-order valence-electron chi connectivity index (χ0n) is 13.6. The molecule has 0 radical (unpaired) electrons. The van der Waals surface area contributed by atoms with Crippen LogP contribution >= 0.6 is 0 Å². The SMILES string of the molecule is CCOc1cc(C)c(C(=O)CN2CCN(C)CC2)c(C)c1. The molecule has 0 aromatic heterocycles. The maximum absolute atomic E-state index is 12.6. The number of aryl methyl sites for hydroxylation is 2. The molecule has 1 aliphatic rings. The first-order valence-corrected chi connectivity index (χ1v) is 7.69. The maximum atomic E-state index is 12.6. The Morgan fingerprint density at radius 2 is 1.71 bits per heavy atom. The molecule has 1 heterocycles. The van der Waals surface area contributed by atoms with E-state index in [1.165, 1.54) is 0 Å². The number of carbonyl (C=O) groups is 1. The van der Waals surface area contributed by atoms with Crippen molar-refractivity contribution in [2.24, 2.45) is 0 Å². The van der Waals surface area contributed by atoms with Gasteiger partial charge in [-0.15, -0.1) is 0 Å². The largest absolute Gasteiger partial charge is 0.494 e. The van der Waals surface area contributed by atoms with E-state index in [-0.39, 0.29) is 5.78 Å². The van der Waals surface area contributed by atoms with Gasteiger partial charge in [0.2, 0.25) is 0 Å². The van der Waals surface area contributed by atoms with E-state index in [1.807, 2.05) is 32.9 Å². The van der Waals surface area contributed by atoms with Gasteiger partial charge in [-0.2, -0.15) is 0 Å². The molecule has 0 atom stereocenters. The smallest absolute Gasteiger partial charge is 0.177 e. The molecule has 0 amide bonds. The van der Waals surface area contributed by atoms with Crippen molar-refractivity contribution in [1.82, 2.24) is 9.80 Å². The van der Waals surface area contributed by atoms with Crippen LogP contribution in [0.25, 0.3) is 0 Å². The van der Waals surface area contributed by atoms with Crippen LogP contribution in [0.2, 0.25) is 0 Å². The lowest BCUT2D eigenvalue weighted by Crippen LogP contribution is -2.46. The maximum Gasteiger partial charge on any atom is 0.177 e. The highest BCUT2D eigenvalue weighted by molar-refractivity contribution is 6.00. The van der Waals surface area contributed by atoms with Gasteiger partial charge in [0, 0.05) is 31.7 Å². The highest BCUT2D eigenvalue weighted by Gasteiger charge is 2.20. The summed E-state index contributed by atoms with van der Waals surface area (Å²) in [5.74, 6) is 1.07. The van der Waals surface area contributed by atoms with Gasteiger partial charge in [-0.25, -0.2) is 0 Å². The van der Waals surface area contributed by atoms with Crippen LogP contribution in [-0.4, -0.2) is 62.0 Å². The molecule has 1 fully saturated rings. The Morgan fingerprint density at radius 3 is 2.24 bits per heavy atom. The number of carbonyl (C=O) groups excluding carboxylic acids is 1. The highest BCUT2D eigenvalue weighted by Crippen LogP contribution is 2.22. The molecule has 4 heteroatoms. The van der Waals surface area contributed by atoms with Gasteiger partial charge in [-0.1, -0.05) is 0 Å². The molecule has 0 spiro atoms. The summed E-state index contributed by atoms with van der Waals surface area (Å²) in [6, 6.07) is 3.93. The van der Waals surface area contributed by atoms with E-state index in [9.17, 15) is 4.79 Å². The Hall–Kier alpha value is -1.39. The van der Waals surface area contributed by atoms with Crippen LogP contribution in [0.1, 0.15) is 28.4 Å². The second kappa shape index (κ2) is 7.05. The molecule has 0 bridgehead atoms. The standard InChI is InChI=1S/C17H26N2O2/c1-5-21-15-10-13(2)17(14(3)11-15)16(20)12-19-8-6-18(4)7-9-19/h10-11H,5-9,12H2,1-4H3. The van der Waals surface area contributed by atoms with Gasteiger partial charge in [0.05, 0.1) is 13.2 Å². The second-order valence-corrected chi connectivity index (χ2v) is 5.87. The van der Waals surface area contributed by atoms with Gasteiger partial charge >= 0.3 is 0 Å². The third-order valence-corrected chi connectivity index (χ3v) is 4.06. The van der Waals surface area contributed by atoms with Crippen molar-refractivity contribution in [3.8, 4) is 5.75 Å². The van der Waals surface area contributed by atoms with E-state index in [0.717, 1.165) is 48.6 Å². The van der Waals surface area contributed by atoms with Crippen LogP contribution in [0.5, 0.6) is 5.75 Å². The number of hydrogen-bond donors (Lipinski definition) is 0. The fourth-order valence-electron chi connectivity index (χ4n) is 2.90. The Bertz CT molecular complexity index is 483. The molecular weight excluding hydrogens is 264 g/mol. The van der Waals surface area contributed by atoms with E-state index in [0.29, 0.717) is 13.2 Å². The lowest BCUT2D eigenvalue weighted by atomic mass is 9.98. The van der Waals surface area contributed by atoms with Crippen molar-refractivity contribution >= 4 is 5.78 Å². The van der Waals surface area contributed by atoms with Gasteiger partial charge < -0.3 is 9.64 Å². The summed E-state index contributed by atoms with van der Waals surface area (Å²) in [5, 5.41) is 0. The lowest BCUT2D eigenvalue weighted by Gasteiger charge is -2.32. The van der Waals surface area contributed by atoms with E-state index < -0.39 is 0 Å². The Morgan fingerprint density at radius 1 is 1.14 bits per heavy atom. The Labute approximate surface area is 127 Å². The van der Waals surface area contributed by atoms with Crippen LogP contribution in [0, 0.1) is 13.8 Å². The first-order valence-electron chi connectivity index (χ1n) is 7.69. The van der Waals surface area contributed by atoms with Gasteiger partial charge in [-0.3, -0.25) is 9.69 Å². The summed E-state index contributed by atoms with van der Waals surface area (Å²) in [4.78, 5) is 17.2. The minimum Gasteiger partial charge on any atom is -0.494 e. The summed E-state index contributed by atoms with van der Waals surface area (Å²) < 4.78 is 5.54. The lowest BCUT2D eigenvalue weighted by molar-refractivity contribution is 0.0875. The monoisotopic (exact) mass is 290 g/mol. The average molecular weight is 290 g/mol. The number of nitrogens with zero attached hydrogens (tertiary/aromatic N) is 2. The van der Waals surface area contributed by atoms with Gasteiger partial charge in [0.15, 0.2) is 5.78 Å². The molecule has 21 heavy (non-hydrogen) atoms. The summed E-state index contributed by atoms with van der Waals surface area (Å²) in [5.41, 5.74) is 2.88. The molecule has 1 aliphatic heterocycles. The fraction of sp³-hybridized carbons (Fsp3) is 0.588. The molecule has 1 aromatic carbocycles. The number of ether oxygens (including phenoxy) is 1. The molecule has 0 N–H and O–H groups in total. The number of piperazine rings is 1. The van der Waals surface area contributed by atoms with Crippen molar-refractivity contribution < 1.29 is 9.53 Å². The van der Waals surface area contributed by atoms with Gasteiger partial charge in [0.1, 0.15) is 5.75 Å². The average Bonchev–Trinajstić information content (AvgIpc) is 2.41. The summed E-state index contributed by atoms with van der Waals surface area (Å²) in [7, 11) is 2.12. The highest BCUT2D eigenvalue weighted by atomic mass is 16.5. The summed E-state index contributed by atoms with van der Waals surface area (Å²) in [6.45, 7) is 11.1. The minimum absolute atomic E-state index is 0.220. The third-order valence-electron chi connectivity index (χ3n) is 4.06. The fourth-order valence-corrected chi connectivity index (χ4v) is 2.90. The van der Waals surface area contributed by atoms with Crippen molar-refractivity contribution in [3.63, 3.8) is 0 Å². The first kappa shape index (κ1) is 16.0. The quantitative estimate of drug-likeness (QED) is 0.778. The summed E-state index contributed by atoms with van der Waals surface area (Å²) >= 11 is 0. The van der Waals surface area contributed by atoms with Crippen LogP contribution in [0.15, 0.2) is 12.1 Å². The third kappa shape index (κ3) is 4.05. The molecule has 2 rings (SSSR count). The molecule has 116 valence electrons. The number of hydrogen-bond acceptors (Lipinski definition) is 4. The Balaban J connectivity index is 2.08. The van der Waals surface area contributed by atoms with Crippen LogP contribution in [0.3, 0.4) is 0 Å². The van der Waals surface area contributed by atoms with Crippen LogP contribution < -0.4 is 4.74 Å². The zero-order chi connectivity index (χ0) is 15.4. The molecule has 1 saturated heterocycles. The van der Waals surface area contributed by atoms with Crippen molar-refractivity contribution in [1.29, 1.82) is 0 Å². The number of likely N-dealkylation sites (N-methyl/N-ethyl adjacent to an activating group) is 1. The predicted molar refractivity (Wildman–Crippen MR) is 85.4 cm³/mol. The van der Waals surface area contributed by atoms with E-state index >= 15 is 0 Å². The predicted octanol–water partition coefficient (Wildman–Crippen LogP) is 2.13. The topological polar surface area (TPSA) is 32.8 Å². The molecular formula is C17H26N2O2. The molecule has 4 nitrogen and oxygen atoms in total. The van der Waals surface area contributed by atoms with Gasteiger partial charge in [-0.05, 0) is 51.1 Å². The number of Topliss-reactive ketones (excluding diaryl/α,β-unsaturated/α-hetero) is 1. The van der Waals surface area contributed by atoms with E-state index in [2.05, 4.69) is 16.8 Å². The molecule has 0 saturated carbocycles. The number of ketones is 1.